The molecule has 1 unspecified atom stereocenters. The Bertz CT molecular complexity index is 453. The number of nitrogens with zero attached hydrogens (tertiary/aromatic N) is 1. The molecule has 0 bridgehead atoms. The second kappa shape index (κ2) is 5.65. The van der Waals surface area contributed by atoms with E-state index in [1.54, 1.807) is 4.90 Å². The zero-order valence-corrected chi connectivity index (χ0v) is 10.6. The molecule has 98 valence electrons. The van der Waals surface area contributed by atoms with Crippen LogP contribution < -0.4 is 0 Å². The van der Waals surface area contributed by atoms with E-state index in [1.165, 1.54) is 6.07 Å². The molecule has 1 fully saturated rings. The van der Waals surface area contributed by atoms with Gasteiger partial charge in [-0.2, -0.15) is 0 Å². The molecule has 0 N–H and O–H groups in total. The summed E-state index contributed by atoms with van der Waals surface area (Å²) in [5, 5.41) is 0. The van der Waals surface area contributed by atoms with Gasteiger partial charge in [0, 0.05) is 25.0 Å². The fraction of sp³-hybridized carbons (Fsp3) is 0.462. The minimum atomic E-state index is -0.670. The lowest BCUT2D eigenvalue weighted by molar-refractivity contribution is -0.129. The van der Waals surface area contributed by atoms with Crippen molar-refractivity contribution in [2.75, 3.05) is 19.0 Å². The number of rotatable bonds is 3. The minimum Gasteiger partial charge on any atom is -0.342 e. The van der Waals surface area contributed by atoms with Crippen LogP contribution in [0.3, 0.4) is 0 Å². The molecular formula is C13H14ClF2NO. The molecule has 0 aliphatic carbocycles. The van der Waals surface area contributed by atoms with Crippen LogP contribution in [0.1, 0.15) is 12.0 Å². The highest BCUT2D eigenvalue weighted by Gasteiger charge is 2.25. The molecule has 1 aromatic rings. The highest BCUT2D eigenvalue weighted by molar-refractivity contribution is 6.18. The summed E-state index contributed by atoms with van der Waals surface area (Å²) in [6.07, 6.45) is 0.863. The van der Waals surface area contributed by atoms with E-state index in [0.29, 0.717) is 24.9 Å². The van der Waals surface area contributed by atoms with Crippen molar-refractivity contribution < 1.29 is 13.6 Å². The predicted molar refractivity (Wildman–Crippen MR) is 65.5 cm³/mol. The number of likely N-dealkylation sites (tertiary alicyclic amines) is 1. The minimum absolute atomic E-state index is 0.0267. The van der Waals surface area contributed by atoms with Crippen LogP contribution in [0.15, 0.2) is 18.2 Å². The van der Waals surface area contributed by atoms with Crippen LogP contribution in [-0.4, -0.2) is 29.8 Å². The first-order chi connectivity index (χ1) is 8.60. The van der Waals surface area contributed by atoms with Crippen LogP contribution >= 0.6 is 11.6 Å². The number of benzene rings is 1. The average Bonchev–Trinajstić information content (AvgIpc) is 2.81. The Labute approximate surface area is 110 Å². The Morgan fingerprint density at radius 3 is 2.83 bits per heavy atom. The van der Waals surface area contributed by atoms with Gasteiger partial charge < -0.3 is 4.90 Å². The van der Waals surface area contributed by atoms with Crippen molar-refractivity contribution in [2.45, 2.75) is 12.8 Å². The van der Waals surface area contributed by atoms with Gasteiger partial charge in [0.2, 0.25) is 5.91 Å². The summed E-state index contributed by atoms with van der Waals surface area (Å²) >= 11 is 5.74. The summed E-state index contributed by atoms with van der Waals surface area (Å²) < 4.78 is 26.1. The van der Waals surface area contributed by atoms with Crippen LogP contribution in [0.2, 0.25) is 0 Å². The van der Waals surface area contributed by atoms with Crippen molar-refractivity contribution in [1.82, 2.24) is 4.90 Å². The number of hydrogen-bond donors (Lipinski definition) is 0. The maximum absolute atomic E-state index is 13.4. The van der Waals surface area contributed by atoms with E-state index in [1.807, 2.05) is 0 Å². The van der Waals surface area contributed by atoms with E-state index in [-0.39, 0.29) is 17.9 Å². The third-order valence-electron chi connectivity index (χ3n) is 3.21. The lowest BCUT2D eigenvalue weighted by atomic mass is 10.1. The first kappa shape index (κ1) is 13.3. The Kier molecular flexibility index (Phi) is 4.17. The molecule has 1 saturated heterocycles. The summed E-state index contributed by atoms with van der Waals surface area (Å²) in [5.74, 6) is -0.570. The fourth-order valence-electron chi connectivity index (χ4n) is 2.12. The fourth-order valence-corrected chi connectivity index (χ4v) is 2.38. The van der Waals surface area contributed by atoms with Gasteiger partial charge in [0.15, 0.2) is 0 Å². The number of amides is 1. The van der Waals surface area contributed by atoms with Crippen LogP contribution in [0, 0.1) is 17.6 Å². The maximum atomic E-state index is 13.4. The quantitative estimate of drug-likeness (QED) is 0.775. The van der Waals surface area contributed by atoms with Gasteiger partial charge in [0.05, 0.1) is 6.42 Å². The first-order valence-electron chi connectivity index (χ1n) is 5.88. The molecule has 1 aromatic carbocycles. The van der Waals surface area contributed by atoms with Gasteiger partial charge in [0.1, 0.15) is 11.6 Å². The number of carbonyl (C=O) groups is 1. The third kappa shape index (κ3) is 2.99. The smallest absolute Gasteiger partial charge is 0.227 e. The molecular weight excluding hydrogens is 260 g/mol. The molecule has 1 heterocycles. The van der Waals surface area contributed by atoms with Gasteiger partial charge in [-0.15, -0.1) is 11.6 Å². The van der Waals surface area contributed by atoms with Gasteiger partial charge in [-0.3, -0.25) is 4.79 Å². The highest BCUT2D eigenvalue weighted by Crippen LogP contribution is 2.19. The molecule has 18 heavy (non-hydrogen) atoms. The topological polar surface area (TPSA) is 20.3 Å². The molecule has 5 heteroatoms. The molecule has 1 amide bonds. The van der Waals surface area contributed by atoms with Crippen LogP contribution in [0.5, 0.6) is 0 Å². The summed E-state index contributed by atoms with van der Waals surface area (Å²) in [7, 11) is 0. The van der Waals surface area contributed by atoms with Crippen LogP contribution in [-0.2, 0) is 11.2 Å². The zero-order valence-electron chi connectivity index (χ0n) is 9.83. The molecule has 2 rings (SSSR count). The van der Waals surface area contributed by atoms with Crippen molar-refractivity contribution in [3.63, 3.8) is 0 Å². The summed E-state index contributed by atoms with van der Waals surface area (Å²) in [6.45, 7) is 1.30. The molecule has 0 aromatic heterocycles. The van der Waals surface area contributed by atoms with Gasteiger partial charge in [0.25, 0.3) is 0 Å². The van der Waals surface area contributed by atoms with Crippen molar-refractivity contribution in [2.24, 2.45) is 5.92 Å². The molecule has 1 aliphatic heterocycles. The number of alkyl halides is 1. The van der Waals surface area contributed by atoms with Gasteiger partial charge in [-0.05, 0) is 24.0 Å². The standard InChI is InChI=1S/C13H14ClF2NO/c14-7-9-3-4-17(8-9)13(18)5-10-1-2-11(15)6-12(10)16/h1-2,6,9H,3-5,7-8H2. The zero-order chi connectivity index (χ0) is 13.1. The van der Waals surface area contributed by atoms with Crippen LogP contribution in [0.4, 0.5) is 8.78 Å². The lowest BCUT2D eigenvalue weighted by Crippen LogP contribution is -2.30. The summed E-state index contributed by atoms with van der Waals surface area (Å²) in [5.41, 5.74) is 0.232. The Balaban J connectivity index is 1.99. The van der Waals surface area contributed by atoms with Gasteiger partial charge in [-0.1, -0.05) is 6.07 Å². The van der Waals surface area contributed by atoms with E-state index in [2.05, 4.69) is 0 Å². The molecule has 0 saturated carbocycles. The largest absolute Gasteiger partial charge is 0.342 e. The maximum Gasteiger partial charge on any atom is 0.227 e. The van der Waals surface area contributed by atoms with Crippen molar-refractivity contribution in [3.8, 4) is 0 Å². The van der Waals surface area contributed by atoms with Gasteiger partial charge >= 0.3 is 0 Å². The first-order valence-corrected chi connectivity index (χ1v) is 6.41. The highest BCUT2D eigenvalue weighted by atomic mass is 35.5. The van der Waals surface area contributed by atoms with E-state index in [4.69, 9.17) is 11.6 Å². The molecule has 2 nitrogen and oxygen atoms in total. The molecule has 1 aliphatic rings. The molecule has 1 atom stereocenters. The van der Waals surface area contributed by atoms with E-state index >= 15 is 0 Å². The second-order valence-electron chi connectivity index (χ2n) is 4.56. The summed E-state index contributed by atoms with van der Waals surface area (Å²) in [6, 6.07) is 3.28. The predicted octanol–water partition coefficient (Wildman–Crippen LogP) is 2.59. The molecule has 0 spiro atoms. The SMILES string of the molecule is O=C(Cc1ccc(F)cc1F)N1CCC(CCl)C1. The van der Waals surface area contributed by atoms with E-state index in [9.17, 15) is 13.6 Å². The van der Waals surface area contributed by atoms with Gasteiger partial charge in [-0.25, -0.2) is 8.78 Å². The average molecular weight is 274 g/mol. The van der Waals surface area contributed by atoms with Crippen molar-refractivity contribution in [1.29, 1.82) is 0 Å². The third-order valence-corrected chi connectivity index (χ3v) is 3.65. The Morgan fingerprint density at radius 1 is 1.44 bits per heavy atom. The monoisotopic (exact) mass is 273 g/mol. The summed E-state index contributed by atoms with van der Waals surface area (Å²) in [4.78, 5) is 13.6. The lowest BCUT2D eigenvalue weighted by Gasteiger charge is -2.16. The number of carbonyl (C=O) groups excluding carboxylic acids is 1. The molecule has 0 radical (unpaired) electrons. The Hall–Kier alpha value is -1.16. The second-order valence-corrected chi connectivity index (χ2v) is 4.87. The Morgan fingerprint density at radius 2 is 2.22 bits per heavy atom. The van der Waals surface area contributed by atoms with Crippen LogP contribution in [0.25, 0.3) is 0 Å². The number of halogens is 3. The van der Waals surface area contributed by atoms with Crippen molar-refractivity contribution >= 4 is 17.5 Å². The van der Waals surface area contributed by atoms with Crippen molar-refractivity contribution in [3.05, 3.63) is 35.4 Å². The van der Waals surface area contributed by atoms with E-state index in [0.717, 1.165) is 18.6 Å². The number of hydrogen-bond acceptors (Lipinski definition) is 1. The van der Waals surface area contributed by atoms with E-state index < -0.39 is 11.6 Å². The normalized spacial score (nSPS) is 19.3.